The van der Waals surface area contributed by atoms with Crippen LogP contribution in [0.15, 0.2) is 0 Å². The van der Waals surface area contributed by atoms with Crippen LogP contribution in [0.5, 0.6) is 0 Å². The Kier molecular flexibility index (Phi) is 5.56. The van der Waals surface area contributed by atoms with Gasteiger partial charge in [-0.25, -0.2) is 0 Å². The Bertz CT molecular complexity index is 108. The van der Waals surface area contributed by atoms with Gasteiger partial charge in [0.15, 0.2) is 0 Å². The minimum Gasteiger partial charge on any atom is -0.301 e. The van der Waals surface area contributed by atoms with Crippen molar-refractivity contribution in [3.05, 3.63) is 0 Å². The van der Waals surface area contributed by atoms with Crippen molar-refractivity contribution >= 4 is 0 Å². The van der Waals surface area contributed by atoms with Crippen LogP contribution in [0.1, 0.15) is 41.5 Å². The van der Waals surface area contributed by atoms with Crippen LogP contribution < -0.4 is 0 Å². The van der Waals surface area contributed by atoms with Gasteiger partial charge in [-0.15, -0.1) is 0 Å². The molecule has 0 aliphatic heterocycles. The Morgan fingerprint density at radius 2 is 1.50 bits per heavy atom. The molecule has 0 aliphatic carbocycles. The molecule has 0 aromatic rings. The van der Waals surface area contributed by atoms with Gasteiger partial charge in [-0.05, 0) is 32.2 Å². The maximum absolute atomic E-state index is 2.53. The van der Waals surface area contributed by atoms with Crippen LogP contribution >= 0.6 is 0 Å². The molecule has 0 bridgehead atoms. The predicted octanol–water partition coefficient (Wildman–Crippen LogP) is 3.01. The SMILES string of the molecule is CCN(C[C@@H](C)C(C)C)C(C)C. The van der Waals surface area contributed by atoms with Crippen LogP contribution in [-0.2, 0) is 0 Å². The first-order valence-corrected chi connectivity index (χ1v) is 5.23. The van der Waals surface area contributed by atoms with Crippen LogP contribution in [0.3, 0.4) is 0 Å². The van der Waals surface area contributed by atoms with Gasteiger partial charge in [0.1, 0.15) is 0 Å². The fraction of sp³-hybridized carbons (Fsp3) is 1.00. The third-order valence-corrected chi connectivity index (χ3v) is 2.80. The van der Waals surface area contributed by atoms with E-state index in [1.54, 1.807) is 0 Å². The van der Waals surface area contributed by atoms with Gasteiger partial charge < -0.3 is 4.90 Å². The first-order chi connectivity index (χ1) is 5.49. The lowest BCUT2D eigenvalue weighted by Gasteiger charge is -2.29. The summed E-state index contributed by atoms with van der Waals surface area (Å²) in [5.41, 5.74) is 0. The van der Waals surface area contributed by atoms with Gasteiger partial charge in [0.2, 0.25) is 0 Å². The molecule has 1 heteroatoms. The molecule has 0 amide bonds. The van der Waals surface area contributed by atoms with E-state index in [9.17, 15) is 0 Å². The zero-order valence-electron chi connectivity index (χ0n) is 9.59. The van der Waals surface area contributed by atoms with Crippen LogP contribution in [0, 0.1) is 11.8 Å². The molecule has 0 N–H and O–H groups in total. The second kappa shape index (κ2) is 5.58. The summed E-state index contributed by atoms with van der Waals surface area (Å²) in [7, 11) is 0. The second-order valence-electron chi connectivity index (χ2n) is 4.40. The normalized spacial score (nSPS) is 14.8. The Morgan fingerprint density at radius 3 is 1.75 bits per heavy atom. The van der Waals surface area contributed by atoms with Crippen LogP contribution in [0.25, 0.3) is 0 Å². The topological polar surface area (TPSA) is 3.24 Å². The van der Waals surface area contributed by atoms with Crippen molar-refractivity contribution < 1.29 is 0 Å². The zero-order chi connectivity index (χ0) is 9.72. The van der Waals surface area contributed by atoms with Crippen molar-refractivity contribution in [1.29, 1.82) is 0 Å². The number of hydrogen-bond donors (Lipinski definition) is 0. The van der Waals surface area contributed by atoms with E-state index in [0.29, 0.717) is 6.04 Å². The van der Waals surface area contributed by atoms with Crippen molar-refractivity contribution in [2.75, 3.05) is 13.1 Å². The molecule has 0 aromatic heterocycles. The average molecular weight is 171 g/mol. The summed E-state index contributed by atoms with van der Waals surface area (Å²) in [6.45, 7) is 16.2. The van der Waals surface area contributed by atoms with E-state index in [-0.39, 0.29) is 0 Å². The number of rotatable bonds is 5. The summed E-state index contributed by atoms with van der Waals surface area (Å²) in [6, 6.07) is 0.691. The average Bonchev–Trinajstić information content (AvgIpc) is 1.98. The molecule has 1 nitrogen and oxygen atoms in total. The molecule has 0 saturated carbocycles. The van der Waals surface area contributed by atoms with Gasteiger partial charge in [-0.2, -0.15) is 0 Å². The summed E-state index contributed by atoms with van der Waals surface area (Å²) in [5, 5.41) is 0. The van der Waals surface area contributed by atoms with E-state index in [1.807, 2.05) is 0 Å². The molecule has 0 heterocycles. The van der Waals surface area contributed by atoms with Crippen molar-refractivity contribution in [2.45, 2.75) is 47.6 Å². The quantitative estimate of drug-likeness (QED) is 0.614. The number of hydrogen-bond acceptors (Lipinski definition) is 1. The molecule has 0 rings (SSSR count). The number of nitrogens with zero attached hydrogens (tertiary/aromatic N) is 1. The van der Waals surface area contributed by atoms with Gasteiger partial charge in [0, 0.05) is 12.6 Å². The Hall–Kier alpha value is -0.0400. The van der Waals surface area contributed by atoms with E-state index < -0.39 is 0 Å². The van der Waals surface area contributed by atoms with Crippen molar-refractivity contribution in [3.63, 3.8) is 0 Å². The molecule has 0 saturated heterocycles. The van der Waals surface area contributed by atoms with E-state index in [4.69, 9.17) is 0 Å². The highest BCUT2D eigenvalue weighted by molar-refractivity contribution is 4.66. The summed E-state index contributed by atoms with van der Waals surface area (Å²) >= 11 is 0. The van der Waals surface area contributed by atoms with Crippen LogP contribution in [-0.4, -0.2) is 24.0 Å². The lowest BCUT2D eigenvalue weighted by atomic mass is 9.97. The molecule has 12 heavy (non-hydrogen) atoms. The van der Waals surface area contributed by atoms with Gasteiger partial charge in [-0.3, -0.25) is 0 Å². The first-order valence-electron chi connectivity index (χ1n) is 5.23. The van der Waals surface area contributed by atoms with Gasteiger partial charge in [0.05, 0.1) is 0 Å². The Balaban J connectivity index is 3.85. The fourth-order valence-electron chi connectivity index (χ4n) is 1.29. The molecular weight excluding hydrogens is 146 g/mol. The third kappa shape index (κ3) is 4.10. The van der Waals surface area contributed by atoms with Crippen LogP contribution in [0.2, 0.25) is 0 Å². The highest BCUT2D eigenvalue weighted by Gasteiger charge is 2.13. The molecule has 0 aromatic carbocycles. The maximum atomic E-state index is 2.53. The second-order valence-corrected chi connectivity index (χ2v) is 4.40. The molecular formula is C11H25N. The smallest absolute Gasteiger partial charge is 0.00385 e. The molecule has 0 fully saturated rings. The summed E-state index contributed by atoms with van der Waals surface area (Å²) in [5.74, 6) is 1.62. The molecule has 74 valence electrons. The van der Waals surface area contributed by atoms with Crippen molar-refractivity contribution in [3.8, 4) is 0 Å². The van der Waals surface area contributed by atoms with Crippen LogP contribution in [0.4, 0.5) is 0 Å². The molecule has 0 aliphatic rings. The minimum absolute atomic E-state index is 0.691. The molecule has 0 radical (unpaired) electrons. The minimum atomic E-state index is 0.691. The van der Waals surface area contributed by atoms with E-state index in [2.05, 4.69) is 46.4 Å². The molecule has 0 spiro atoms. The summed E-state index contributed by atoms with van der Waals surface area (Å²) < 4.78 is 0. The lowest BCUT2D eigenvalue weighted by Crippen LogP contribution is -2.35. The highest BCUT2D eigenvalue weighted by atomic mass is 15.1. The van der Waals surface area contributed by atoms with Gasteiger partial charge in [0.25, 0.3) is 0 Å². The fourth-order valence-corrected chi connectivity index (χ4v) is 1.29. The summed E-state index contributed by atoms with van der Waals surface area (Å²) in [6.07, 6.45) is 0. The van der Waals surface area contributed by atoms with Crippen molar-refractivity contribution in [1.82, 2.24) is 4.90 Å². The summed E-state index contributed by atoms with van der Waals surface area (Å²) in [4.78, 5) is 2.53. The van der Waals surface area contributed by atoms with Gasteiger partial charge >= 0.3 is 0 Å². The maximum Gasteiger partial charge on any atom is 0.00385 e. The van der Waals surface area contributed by atoms with Gasteiger partial charge in [-0.1, -0.05) is 27.7 Å². The van der Waals surface area contributed by atoms with E-state index in [0.717, 1.165) is 11.8 Å². The Morgan fingerprint density at radius 1 is 1.00 bits per heavy atom. The van der Waals surface area contributed by atoms with E-state index >= 15 is 0 Å². The monoisotopic (exact) mass is 171 g/mol. The zero-order valence-corrected chi connectivity index (χ0v) is 9.59. The standard InChI is InChI=1S/C11H25N/c1-7-12(10(4)5)8-11(6)9(2)3/h9-11H,7-8H2,1-6H3/t11-/m1/s1. The molecule has 0 unspecified atom stereocenters. The van der Waals surface area contributed by atoms with Crippen molar-refractivity contribution in [2.24, 2.45) is 11.8 Å². The lowest BCUT2D eigenvalue weighted by molar-refractivity contribution is 0.181. The predicted molar refractivity (Wildman–Crippen MR) is 56.4 cm³/mol. The van der Waals surface area contributed by atoms with E-state index in [1.165, 1.54) is 13.1 Å². The molecule has 1 atom stereocenters. The Labute approximate surface area is 78.1 Å². The third-order valence-electron chi connectivity index (χ3n) is 2.80. The highest BCUT2D eigenvalue weighted by Crippen LogP contribution is 2.12. The largest absolute Gasteiger partial charge is 0.301 e. The first kappa shape index (κ1) is 12.0.